The van der Waals surface area contributed by atoms with Crippen molar-refractivity contribution in [2.24, 2.45) is 5.92 Å². The molecule has 1 aliphatic rings. The summed E-state index contributed by atoms with van der Waals surface area (Å²) in [4.78, 5) is 6.90. The van der Waals surface area contributed by atoms with E-state index >= 15 is 0 Å². The molecule has 0 radical (unpaired) electrons. The zero-order chi connectivity index (χ0) is 12.4. The number of piperidine rings is 1. The number of pyridine rings is 1. The minimum atomic E-state index is 0.695. The fourth-order valence-corrected chi connectivity index (χ4v) is 3.09. The zero-order valence-electron chi connectivity index (χ0n) is 10.3. The Balaban J connectivity index is 1.87. The topological polar surface area (TPSA) is 29.3 Å². The van der Waals surface area contributed by atoms with E-state index in [9.17, 15) is 0 Å². The maximum absolute atomic E-state index is 5.86. The summed E-state index contributed by atoms with van der Waals surface area (Å²) in [5, 5.41) is 1.11. The van der Waals surface area contributed by atoms with Gasteiger partial charge in [0.1, 0.15) is 11.4 Å². The molecule has 2 aromatic rings. The first kappa shape index (κ1) is 11.8. The monoisotopic (exact) mass is 264 g/mol. The number of hydrogen-bond donors (Lipinski definition) is 0. The third-order valence-corrected chi connectivity index (χ3v) is 3.91. The van der Waals surface area contributed by atoms with Crippen LogP contribution in [0.4, 0.5) is 5.82 Å². The number of anilines is 1. The lowest BCUT2D eigenvalue weighted by atomic mass is 9.95. The molecule has 1 atom stereocenters. The van der Waals surface area contributed by atoms with Crippen molar-refractivity contribution in [2.75, 3.05) is 23.9 Å². The molecule has 2 aromatic heterocycles. The van der Waals surface area contributed by atoms with Gasteiger partial charge in [-0.25, -0.2) is 4.98 Å². The van der Waals surface area contributed by atoms with E-state index in [2.05, 4.69) is 9.88 Å². The fourth-order valence-electron chi connectivity index (χ4n) is 2.78. The summed E-state index contributed by atoms with van der Waals surface area (Å²) in [6.45, 7) is 2.14. The largest absolute Gasteiger partial charge is 0.464 e. The number of nitrogens with zero attached hydrogens (tertiary/aromatic N) is 2. The normalized spacial score (nSPS) is 20.5. The predicted octanol–water partition coefficient (Wildman–Crippen LogP) is 3.67. The smallest absolute Gasteiger partial charge is 0.139 e. The van der Waals surface area contributed by atoms with Gasteiger partial charge in [-0.05, 0) is 37.3 Å². The van der Waals surface area contributed by atoms with Gasteiger partial charge < -0.3 is 9.32 Å². The highest BCUT2D eigenvalue weighted by Crippen LogP contribution is 2.29. The molecule has 0 aromatic carbocycles. The second kappa shape index (κ2) is 5.19. The van der Waals surface area contributed by atoms with E-state index in [0.717, 1.165) is 42.2 Å². The van der Waals surface area contributed by atoms with Crippen LogP contribution in [0.3, 0.4) is 0 Å². The summed E-state index contributed by atoms with van der Waals surface area (Å²) in [5.41, 5.74) is 0.916. The van der Waals surface area contributed by atoms with Crippen LogP contribution in [-0.2, 0) is 0 Å². The lowest BCUT2D eigenvalue weighted by molar-refractivity contribution is 0.405. The Kier molecular flexibility index (Phi) is 3.41. The average molecular weight is 265 g/mol. The molecule has 1 fully saturated rings. The molecule has 0 saturated carbocycles. The molecule has 1 saturated heterocycles. The molecular formula is C14H17ClN2O. The van der Waals surface area contributed by atoms with Gasteiger partial charge in [-0.15, -0.1) is 11.6 Å². The van der Waals surface area contributed by atoms with Crippen LogP contribution in [0.2, 0.25) is 0 Å². The first-order valence-corrected chi connectivity index (χ1v) is 7.05. The van der Waals surface area contributed by atoms with E-state index in [4.69, 9.17) is 16.0 Å². The number of alkyl halides is 1. The number of halogens is 1. The Morgan fingerprint density at radius 3 is 3.28 bits per heavy atom. The predicted molar refractivity (Wildman–Crippen MR) is 74.3 cm³/mol. The van der Waals surface area contributed by atoms with E-state index in [0.29, 0.717) is 5.92 Å². The van der Waals surface area contributed by atoms with Gasteiger partial charge in [-0.1, -0.05) is 0 Å². The summed E-state index contributed by atoms with van der Waals surface area (Å²) >= 11 is 5.86. The second-order valence-corrected chi connectivity index (χ2v) is 5.28. The van der Waals surface area contributed by atoms with Crippen LogP contribution in [0.25, 0.3) is 11.0 Å². The van der Waals surface area contributed by atoms with Crippen molar-refractivity contribution in [3.8, 4) is 0 Å². The van der Waals surface area contributed by atoms with E-state index in [1.807, 2.05) is 18.3 Å². The number of rotatable bonds is 3. The first-order valence-electron chi connectivity index (χ1n) is 6.51. The van der Waals surface area contributed by atoms with Crippen molar-refractivity contribution < 1.29 is 4.42 Å². The van der Waals surface area contributed by atoms with Crippen LogP contribution in [0.1, 0.15) is 19.3 Å². The molecule has 0 spiro atoms. The van der Waals surface area contributed by atoms with Crippen LogP contribution in [0, 0.1) is 5.92 Å². The van der Waals surface area contributed by atoms with Gasteiger partial charge >= 0.3 is 0 Å². The standard InChI is InChI=1S/C14H17ClN2O/c15-6-3-11-2-1-8-17(10-11)14-12-5-9-18-13(12)4-7-16-14/h4-5,7,9,11H,1-3,6,8,10H2. The van der Waals surface area contributed by atoms with Gasteiger partial charge in [-0.3, -0.25) is 0 Å². The fraction of sp³-hybridized carbons (Fsp3) is 0.500. The van der Waals surface area contributed by atoms with Crippen LogP contribution in [-0.4, -0.2) is 24.0 Å². The number of furan rings is 1. The summed E-state index contributed by atoms with van der Waals surface area (Å²) in [5.74, 6) is 2.50. The summed E-state index contributed by atoms with van der Waals surface area (Å²) in [6, 6.07) is 3.92. The van der Waals surface area contributed by atoms with Gasteiger partial charge in [0.2, 0.25) is 0 Å². The Morgan fingerprint density at radius 1 is 1.44 bits per heavy atom. The minimum Gasteiger partial charge on any atom is -0.464 e. The van der Waals surface area contributed by atoms with E-state index in [1.165, 1.54) is 12.8 Å². The third-order valence-electron chi connectivity index (χ3n) is 3.69. The average Bonchev–Trinajstić information content (AvgIpc) is 2.87. The maximum Gasteiger partial charge on any atom is 0.139 e. The lowest BCUT2D eigenvalue weighted by Gasteiger charge is -2.33. The van der Waals surface area contributed by atoms with E-state index in [1.54, 1.807) is 6.26 Å². The van der Waals surface area contributed by atoms with Crippen molar-refractivity contribution in [3.63, 3.8) is 0 Å². The highest BCUT2D eigenvalue weighted by molar-refractivity contribution is 6.17. The molecule has 18 heavy (non-hydrogen) atoms. The van der Waals surface area contributed by atoms with E-state index in [-0.39, 0.29) is 0 Å². The quantitative estimate of drug-likeness (QED) is 0.792. The van der Waals surface area contributed by atoms with Gasteiger partial charge in [0, 0.05) is 25.2 Å². The van der Waals surface area contributed by atoms with Crippen LogP contribution >= 0.6 is 11.6 Å². The molecule has 96 valence electrons. The van der Waals surface area contributed by atoms with E-state index < -0.39 is 0 Å². The summed E-state index contributed by atoms with van der Waals surface area (Å²) < 4.78 is 5.44. The molecule has 0 N–H and O–H groups in total. The summed E-state index contributed by atoms with van der Waals surface area (Å²) in [7, 11) is 0. The zero-order valence-corrected chi connectivity index (χ0v) is 11.1. The second-order valence-electron chi connectivity index (χ2n) is 4.90. The molecule has 0 bridgehead atoms. The minimum absolute atomic E-state index is 0.695. The van der Waals surface area contributed by atoms with Gasteiger partial charge in [-0.2, -0.15) is 0 Å². The van der Waals surface area contributed by atoms with Gasteiger partial charge in [0.25, 0.3) is 0 Å². The summed E-state index contributed by atoms with van der Waals surface area (Å²) in [6.07, 6.45) is 7.16. The lowest BCUT2D eigenvalue weighted by Crippen LogP contribution is -2.36. The van der Waals surface area contributed by atoms with Crippen LogP contribution in [0.15, 0.2) is 29.0 Å². The highest BCUT2D eigenvalue weighted by atomic mass is 35.5. The van der Waals surface area contributed by atoms with Crippen LogP contribution < -0.4 is 4.90 Å². The molecule has 4 heteroatoms. The Morgan fingerprint density at radius 2 is 2.39 bits per heavy atom. The third kappa shape index (κ3) is 2.19. The van der Waals surface area contributed by atoms with Crippen LogP contribution in [0.5, 0.6) is 0 Å². The molecule has 1 aliphatic heterocycles. The SMILES string of the molecule is ClCCC1CCCN(c2nccc3occc23)C1. The van der Waals surface area contributed by atoms with Crippen molar-refractivity contribution in [3.05, 3.63) is 24.6 Å². The van der Waals surface area contributed by atoms with Gasteiger partial charge in [0.15, 0.2) is 0 Å². The van der Waals surface area contributed by atoms with Crippen molar-refractivity contribution in [1.29, 1.82) is 0 Å². The van der Waals surface area contributed by atoms with Gasteiger partial charge in [0.05, 0.1) is 11.6 Å². The Hall–Kier alpha value is -1.22. The Bertz CT molecular complexity index is 523. The number of fused-ring (bicyclic) bond motifs is 1. The van der Waals surface area contributed by atoms with Crippen molar-refractivity contribution >= 4 is 28.4 Å². The molecule has 3 nitrogen and oxygen atoms in total. The molecule has 0 aliphatic carbocycles. The molecule has 1 unspecified atom stereocenters. The first-order chi connectivity index (χ1) is 8.88. The number of aromatic nitrogens is 1. The molecule has 0 amide bonds. The maximum atomic E-state index is 5.86. The van der Waals surface area contributed by atoms with Crippen molar-refractivity contribution in [2.45, 2.75) is 19.3 Å². The van der Waals surface area contributed by atoms with Crippen molar-refractivity contribution in [1.82, 2.24) is 4.98 Å². The number of hydrogen-bond acceptors (Lipinski definition) is 3. The highest BCUT2D eigenvalue weighted by Gasteiger charge is 2.22. The molecule has 3 rings (SSSR count). The Labute approximate surface area is 112 Å². The molecule has 3 heterocycles. The molecular weight excluding hydrogens is 248 g/mol.